The highest BCUT2D eigenvalue weighted by atomic mass is 35.5. The van der Waals surface area contributed by atoms with Crippen LogP contribution in [0.3, 0.4) is 0 Å². The van der Waals surface area contributed by atoms with Crippen molar-refractivity contribution >= 4 is 50.0 Å². The second kappa shape index (κ2) is 8.14. The number of benzene rings is 2. The molecule has 0 saturated carbocycles. The van der Waals surface area contributed by atoms with Crippen LogP contribution in [-0.2, 0) is 6.54 Å². The first kappa shape index (κ1) is 19.3. The maximum absolute atomic E-state index is 13.3. The molecule has 2 aromatic heterocycles. The van der Waals surface area contributed by atoms with E-state index >= 15 is 0 Å². The number of halogens is 1. The number of aromatic nitrogens is 3. The highest BCUT2D eigenvalue weighted by Crippen LogP contribution is 2.33. The Morgan fingerprint density at radius 3 is 2.52 bits per heavy atom. The minimum Gasteiger partial charge on any atom is -0.295 e. The van der Waals surface area contributed by atoms with Crippen LogP contribution in [-0.4, -0.2) is 33.0 Å². The summed E-state index contributed by atoms with van der Waals surface area (Å²) in [6, 6.07) is 14.1. The maximum Gasteiger partial charge on any atom is 0.260 e. The van der Waals surface area contributed by atoms with Gasteiger partial charge in [-0.1, -0.05) is 41.1 Å². The Bertz CT molecular complexity index is 1170. The fourth-order valence-corrected chi connectivity index (χ4v) is 4.23. The Kier molecular flexibility index (Phi) is 5.42. The number of hydrogen-bond acceptors (Lipinski definition) is 5. The van der Waals surface area contributed by atoms with Crippen molar-refractivity contribution < 1.29 is 9.59 Å². The number of nitrogens with zero attached hydrogens (tertiary/aromatic N) is 4. The van der Waals surface area contributed by atoms with Gasteiger partial charge in [-0.25, -0.2) is 4.98 Å². The Morgan fingerprint density at radius 1 is 1.10 bits per heavy atom. The molecule has 0 fully saturated rings. The van der Waals surface area contributed by atoms with Gasteiger partial charge >= 0.3 is 0 Å². The van der Waals surface area contributed by atoms with E-state index in [4.69, 9.17) is 11.6 Å². The first-order valence-electron chi connectivity index (χ1n) is 8.98. The smallest absolute Gasteiger partial charge is 0.260 e. The predicted molar refractivity (Wildman–Crippen MR) is 115 cm³/mol. The van der Waals surface area contributed by atoms with E-state index in [1.54, 1.807) is 46.1 Å². The summed E-state index contributed by atoms with van der Waals surface area (Å²) in [6.45, 7) is 2.42. The SMILES string of the molecule is CC(=O)c1ccc(C(=O)N(CCn2cccn2)c2nc3c(Cl)cccc3s2)cc1. The number of thiazole rings is 1. The number of ketones is 1. The molecule has 0 unspecified atom stereocenters. The summed E-state index contributed by atoms with van der Waals surface area (Å²) in [4.78, 5) is 31.1. The maximum atomic E-state index is 13.3. The van der Waals surface area contributed by atoms with Gasteiger partial charge in [-0.05, 0) is 37.3 Å². The molecule has 4 aromatic rings. The lowest BCUT2D eigenvalue weighted by molar-refractivity contribution is 0.0981. The molecule has 0 aliphatic heterocycles. The number of carbonyl (C=O) groups is 2. The summed E-state index contributed by atoms with van der Waals surface area (Å²) < 4.78 is 2.68. The van der Waals surface area contributed by atoms with E-state index in [9.17, 15) is 9.59 Å². The van der Waals surface area contributed by atoms with Crippen LogP contribution in [0.15, 0.2) is 60.9 Å². The van der Waals surface area contributed by atoms with Crippen LogP contribution in [0.4, 0.5) is 5.13 Å². The number of carbonyl (C=O) groups excluding carboxylic acids is 2. The zero-order valence-corrected chi connectivity index (χ0v) is 17.2. The second-order valence-electron chi connectivity index (χ2n) is 6.44. The van der Waals surface area contributed by atoms with Crippen LogP contribution >= 0.6 is 22.9 Å². The van der Waals surface area contributed by atoms with Crippen molar-refractivity contribution in [2.45, 2.75) is 13.5 Å². The largest absolute Gasteiger partial charge is 0.295 e. The van der Waals surface area contributed by atoms with E-state index < -0.39 is 0 Å². The van der Waals surface area contributed by atoms with Crippen molar-refractivity contribution in [1.82, 2.24) is 14.8 Å². The molecule has 0 spiro atoms. The molecule has 0 saturated heterocycles. The van der Waals surface area contributed by atoms with Crippen LogP contribution in [0.25, 0.3) is 10.2 Å². The van der Waals surface area contributed by atoms with Gasteiger partial charge in [0, 0.05) is 30.1 Å². The van der Waals surface area contributed by atoms with E-state index in [0.29, 0.717) is 39.9 Å². The van der Waals surface area contributed by atoms with E-state index in [2.05, 4.69) is 10.1 Å². The lowest BCUT2D eigenvalue weighted by atomic mass is 10.1. The summed E-state index contributed by atoms with van der Waals surface area (Å²) in [6.07, 6.45) is 3.55. The number of rotatable bonds is 6. The Hall–Kier alpha value is -3.03. The molecule has 0 bridgehead atoms. The van der Waals surface area contributed by atoms with Crippen LogP contribution in [0, 0.1) is 0 Å². The molecular weight excluding hydrogens is 408 g/mol. The van der Waals surface area contributed by atoms with Gasteiger partial charge in [-0.2, -0.15) is 5.10 Å². The Balaban J connectivity index is 1.69. The van der Waals surface area contributed by atoms with Gasteiger partial charge < -0.3 is 0 Å². The summed E-state index contributed by atoms with van der Waals surface area (Å²) in [5, 5.41) is 5.33. The third-order valence-corrected chi connectivity index (χ3v) is 5.83. The number of Topliss-reactive ketones (excluding diaryl/α,β-unsaturated/α-hetero) is 1. The number of fused-ring (bicyclic) bond motifs is 1. The first-order valence-corrected chi connectivity index (χ1v) is 10.2. The average Bonchev–Trinajstić information content (AvgIpc) is 3.38. The van der Waals surface area contributed by atoms with E-state index in [0.717, 1.165) is 4.70 Å². The van der Waals surface area contributed by atoms with Gasteiger partial charge in [0.05, 0.1) is 16.3 Å². The van der Waals surface area contributed by atoms with E-state index in [-0.39, 0.29) is 11.7 Å². The third-order valence-electron chi connectivity index (χ3n) is 4.48. The third kappa shape index (κ3) is 4.06. The number of para-hydroxylation sites is 1. The van der Waals surface area contributed by atoms with Crippen molar-refractivity contribution in [1.29, 1.82) is 0 Å². The second-order valence-corrected chi connectivity index (χ2v) is 7.86. The van der Waals surface area contributed by atoms with Crippen molar-refractivity contribution in [2.75, 3.05) is 11.4 Å². The quantitative estimate of drug-likeness (QED) is 0.421. The average molecular weight is 425 g/mol. The number of amides is 1. The Morgan fingerprint density at radius 2 is 1.86 bits per heavy atom. The van der Waals surface area contributed by atoms with Crippen molar-refractivity contribution in [3.8, 4) is 0 Å². The normalized spacial score (nSPS) is 11.0. The highest BCUT2D eigenvalue weighted by molar-refractivity contribution is 7.22. The molecule has 8 heteroatoms. The van der Waals surface area contributed by atoms with Crippen molar-refractivity contribution in [2.24, 2.45) is 0 Å². The zero-order chi connectivity index (χ0) is 20.4. The fraction of sp³-hybridized carbons (Fsp3) is 0.143. The fourth-order valence-electron chi connectivity index (χ4n) is 2.94. The molecule has 0 N–H and O–H groups in total. The zero-order valence-electron chi connectivity index (χ0n) is 15.6. The lowest BCUT2D eigenvalue weighted by Crippen LogP contribution is -2.34. The summed E-state index contributed by atoms with van der Waals surface area (Å²) >= 11 is 7.69. The molecule has 29 heavy (non-hydrogen) atoms. The summed E-state index contributed by atoms with van der Waals surface area (Å²) in [5.41, 5.74) is 1.73. The standard InChI is InChI=1S/C21H17ClN4O2S/c1-14(27)15-6-8-16(9-7-15)20(28)26(13-12-25-11-3-10-23-25)21-24-19-17(22)4-2-5-18(19)29-21/h2-11H,12-13H2,1H3. The van der Waals surface area contributed by atoms with Crippen LogP contribution in [0.1, 0.15) is 27.6 Å². The van der Waals surface area contributed by atoms with E-state index in [1.165, 1.54) is 18.3 Å². The van der Waals surface area contributed by atoms with Crippen LogP contribution < -0.4 is 4.90 Å². The minimum absolute atomic E-state index is 0.0413. The van der Waals surface area contributed by atoms with Crippen molar-refractivity contribution in [3.63, 3.8) is 0 Å². The monoisotopic (exact) mass is 424 g/mol. The van der Waals surface area contributed by atoms with Crippen LogP contribution in [0.5, 0.6) is 0 Å². The molecule has 2 aromatic carbocycles. The predicted octanol–water partition coefficient (Wildman–Crippen LogP) is 4.70. The topological polar surface area (TPSA) is 68.1 Å². The Labute approximate surface area is 176 Å². The van der Waals surface area contributed by atoms with Gasteiger partial charge in [-0.3, -0.25) is 19.2 Å². The molecule has 0 aliphatic carbocycles. The molecule has 0 aliphatic rings. The lowest BCUT2D eigenvalue weighted by Gasteiger charge is -2.20. The van der Waals surface area contributed by atoms with Gasteiger partial charge in [0.25, 0.3) is 5.91 Å². The summed E-state index contributed by atoms with van der Waals surface area (Å²) in [5.74, 6) is -0.234. The van der Waals surface area contributed by atoms with Gasteiger partial charge in [-0.15, -0.1) is 0 Å². The number of anilines is 1. The highest BCUT2D eigenvalue weighted by Gasteiger charge is 2.22. The molecule has 146 valence electrons. The molecule has 6 nitrogen and oxygen atoms in total. The first-order chi connectivity index (χ1) is 14.0. The molecular formula is C21H17ClN4O2S. The minimum atomic E-state index is -0.192. The summed E-state index contributed by atoms with van der Waals surface area (Å²) in [7, 11) is 0. The van der Waals surface area contributed by atoms with Crippen LogP contribution in [0.2, 0.25) is 5.02 Å². The molecule has 0 atom stereocenters. The molecule has 1 amide bonds. The van der Waals surface area contributed by atoms with Gasteiger partial charge in [0.15, 0.2) is 10.9 Å². The number of hydrogen-bond donors (Lipinski definition) is 0. The van der Waals surface area contributed by atoms with Crippen molar-refractivity contribution in [3.05, 3.63) is 77.1 Å². The molecule has 2 heterocycles. The van der Waals surface area contributed by atoms with Gasteiger partial charge in [0.2, 0.25) is 0 Å². The van der Waals surface area contributed by atoms with E-state index in [1.807, 2.05) is 24.4 Å². The molecule has 0 radical (unpaired) electrons. The molecule has 4 rings (SSSR count). The van der Waals surface area contributed by atoms with Gasteiger partial charge in [0.1, 0.15) is 5.52 Å².